The van der Waals surface area contributed by atoms with Gasteiger partial charge in [-0.3, -0.25) is 19.6 Å². The van der Waals surface area contributed by atoms with Crippen molar-refractivity contribution < 1.29 is 19.6 Å². The van der Waals surface area contributed by atoms with Gasteiger partial charge in [0.2, 0.25) is 17.7 Å². The van der Waals surface area contributed by atoms with Crippen molar-refractivity contribution in [3.8, 4) is 0 Å². The predicted octanol–water partition coefficient (Wildman–Crippen LogP) is 1.50. The largest absolute Gasteiger partial charge is 0.361 e. The van der Waals surface area contributed by atoms with Crippen LogP contribution in [0.2, 0.25) is 0 Å². The molecule has 152 valence electrons. The van der Waals surface area contributed by atoms with Gasteiger partial charge in [0.1, 0.15) is 6.04 Å². The molecule has 1 aromatic heterocycles. The van der Waals surface area contributed by atoms with Crippen LogP contribution < -0.4 is 16.1 Å². The Morgan fingerprint density at radius 1 is 1.14 bits per heavy atom. The number of hydrogen-bond donors (Lipinski definition) is 5. The minimum atomic E-state index is -0.774. The van der Waals surface area contributed by atoms with Gasteiger partial charge in [-0.25, -0.2) is 5.48 Å². The third-order valence-corrected chi connectivity index (χ3v) is 4.66. The first-order valence-corrected chi connectivity index (χ1v) is 9.35. The number of nitrogens with one attached hydrogen (secondary N) is 4. The minimum absolute atomic E-state index is 0.145. The highest BCUT2D eigenvalue weighted by Gasteiger charge is 2.28. The zero-order valence-electron chi connectivity index (χ0n) is 16.4. The lowest BCUT2D eigenvalue weighted by molar-refractivity contribution is -0.136. The number of likely N-dealkylation sites (N-methyl/N-ethyl adjacent to an activating group) is 1. The van der Waals surface area contributed by atoms with Crippen molar-refractivity contribution in [3.63, 3.8) is 0 Å². The normalized spacial score (nSPS) is 13.2. The number of aromatic nitrogens is 1. The van der Waals surface area contributed by atoms with Gasteiger partial charge in [-0.2, -0.15) is 0 Å². The highest BCUT2D eigenvalue weighted by molar-refractivity contribution is 5.91. The van der Waals surface area contributed by atoms with Gasteiger partial charge in [0.25, 0.3) is 0 Å². The molecular weight excluding hydrogens is 360 g/mol. The second-order valence-corrected chi connectivity index (χ2v) is 7.30. The van der Waals surface area contributed by atoms with E-state index >= 15 is 0 Å². The summed E-state index contributed by atoms with van der Waals surface area (Å²) in [4.78, 5) is 39.9. The molecular formula is C20H28N4O4. The van der Waals surface area contributed by atoms with Crippen molar-refractivity contribution in [2.75, 3.05) is 7.05 Å². The number of hydrogen-bond acceptors (Lipinski definition) is 4. The van der Waals surface area contributed by atoms with Crippen LogP contribution in [0.25, 0.3) is 10.9 Å². The Morgan fingerprint density at radius 2 is 1.86 bits per heavy atom. The second kappa shape index (κ2) is 9.89. The number of hydroxylamine groups is 1. The Balaban J connectivity index is 2.18. The SMILES string of the molecule is CNC(=O)[C@@H](Cc1c[nH]c2ccccc12)NC(=O)[C@H](CC(=O)NO)CC(C)C. The summed E-state index contributed by atoms with van der Waals surface area (Å²) in [6.45, 7) is 3.89. The average Bonchev–Trinajstić information content (AvgIpc) is 3.08. The minimum Gasteiger partial charge on any atom is -0.361 e. The topological polar surface area (TPSA) is 123 Å². The Labute approximate surface area is 164 Å². The number of carbonyl (C=O) groups excluding carboxylic acids is 3. The quantitative estimate of drug-likeness (QED) is 0.330. The first kappa shape index (κ1) is 21.4. The lowest BCUT2D eigenvalue weighted by Crippen LogP contribution is -2.49. The van der Waals surface area contributed by atoms with E-state index in [4.69, 9.17) is 5.21 Å². The van der Waals surface area contributed by atoms with Gasteiger partial charge in [0, 0.05) is 42.9 Å². The maximum absolute atomic E-state index is 12.8. The zero-order chi connectivity index (χ0) is 20.7. The zero-order valence-corrected chi connectivity index (χ0v) is 16.4. The molecule has 0 bridgehead atoms. The van der Waals surface area contributed by atoms with Gasteiger partial charge in [-0.1, -0.05) is 32.0 Å². The molecule has 0 aliphatic heterocycles. The van der Waals surface area contributed by atoms with E-state index in [2.05, 4.69) is 15.6 Å². The van der Waals surface area contributed by atoms with Gasteiger partial charge < -0.3 is 15.6 Å². The summed E-state index contributed by atoms with van der Waals surface area (Å²) in [6.07, 6.45) is 2.47. The van der Waals surface area contributed by atoms with E-state index in [1.54, 1.807) is 5.48 Å². The van der Waals surface area contributed by atoms with E-state index in [1.807, 2.05) is 44.3 Å². The summed E-state index contributed by atoms with van der Waals surface area (Å²) < 4.78 is 0. The highest BCUT2D eigenvalue weighted by atomic mass is 16.5. The molecule has 0 spiro atoms. The monoisotopic (exact) mass is 388 g/mol. The number of para-hydroxylation sites is 1. The maximum atomic E-state index is 12.8. The van der Waals surface area contributed by atoms with Crippen LogP contribution in [0.1, 0.15) is 32.3 Å². The van der Waals surface area contributed by atoms with Crippen molar-refractivity contribution in [1.29, 1.82) is 0 Å². The third kappa shape index (κ3) is 5.56. The van der Waals surface area contributed by atoms with Gasteiger partial charge in [-0.15, -0.1) is 0 Å². The fraction of sp³-hybridized carbons (Fsp3) is 0.450. The lowest BCUT2D eigenvalue weighted by atomic mass is 9.92. The van der Waals surface area contributed by atoms with E-state index in [0.29, 0.717) is 12.8 Å². The van der Waals surface area contributed by atoms with E-state index in [-0.39, 0.29) is 24.2 Å². The van der Waals surface area contributed by atoms with Crippen molar-refractivity contribution in [2.24, 2.45) is 11.8 Å². The molecule has 0 saturated heterocycles. The third-order valence-electron chi connectivity index (χ3n) is 4.66. The van der Waals surface area contributed by atoms with Crippen molar-refractivity contribution in [2.45, 2.75) is 39.2 Å². The van der Waals surface area contributed by atoms with Crippen LogP contribution in [0.4, 0.5) is 0 Å². The number of rotatable bonds is 9. The molecule has 28 heavy (non-hydrogen) atoms. The van der Waals surface area contributed by atoms with Gasteiger partial charge in [0.15, 0.2) is 0 Å². The molecule has 8 heteroatoms. The van der Waals surface area contributed by atoms with Gasteiger partial charge in [0.05, 0.1) is 0 Å². The number of carbonyl (C=O) groups is 3. The van der Waals surface area contributed by atoms with Crippen LogP contribution in [0.15, 0.2) is 30.5 Å². The molecule has 0 aliphatic carbocycles. The highest BCUT2D eigenvalue weighted by Crippen LogP contribution is 2.20. The molecule has 5 N–H and O–H groups in total. The second-order valence-electron chi connectivity index (χ2n) is 7.30. The van der Waals surface area contributed by atoms with Crippen LogP contribution in [0, 0.1) is 11.8 Å². The van der Waals surface area contributed by atoms with Crippen LogP contribution in [-0.2, 0) is 20.8 Å². The summed E-state index contributed by atoms with van der Waals surface area (Å²) in [5.74, 6) is -1.79. The maximum Gasteiger partial charge on any atom is 0.244 e. The molecule has 0 saturated carbocycles. The van der Waals surface area contributed by atoms with Crippen LogP contribution in [-0.4, -0.2) is 41.0 Å². The molecule has 2 atom stereocenters. The molecule has 8 nitrogen and oxygen atoms in total. The van der Waals surface area contributed by atoms with Crippen LogP contribution in [0.5, 0.6) is 0 Å². The lowest BCUT2D eigenvalue weighted by Gasteiger charge is -2.22. The molecule has 0 unspecified atom stereocenters. The van der Waals surface area contributed by atoms with Crippen molar-refractivity contribution >= 4 is 28.6 Å². The molecule has 2 aromatic rings. The first-order valence-electron chi connectivity index (χ1n) is 9.35. The molecule has 2 rings (SSSR count). The van der Waals surface area contributed by atoms with Crippen molar-refractivity contribution in [1.82, 2.24) is 21.1 Å². The first-order chi connectivity index (χ1) is 13.3. The fourth-order valence-electron chi connectivity index (χ4n) is 3.32. The number of amides is 3. The van der Waals surface area contributed by atoms with Gasteiger partial charge >= 0.3 is 0 Å². The van der Waals surface area contributed by atoms with E-state index in [1.165, 1.54) is 7.05 Å². The van der Waals surface area contributed by atoms with E-state index in [0.717, 1.165) is 16.5 Å². The smallest absolute Gasteiger partial charge is 0.244 e. The molecule has 1 heterocycles. The Morgan fingerprint density at radius 3 is 2.50 bits per heavy atom. The summed E-state index contributed by atoms with van der Waals surface area (Å²) >= 11 is 0. The predicted molar refractivity (Wildman–Crippen MR) is 105 cm³/mol. The Hall–Kier alpha value is -2.87. The number of fused-ring (bicyclic) bond motifs is 1. The van der Waals surface area contributed by atoms with Crippen LogP contribution >= 0.6 is 0 Å². The summed E-state index contributed by atoms with van der Waals surface area (Å²) in [7, 11) is 1.52. The van der Waals surface area contributed by atoms with Crippen LogP contribution in [0.3, 0.4) is 0 Å². The summed E-state index contributed by atoms with van der Waals surface area (Å²) in [5.41, 5.74) is 3.44. The summed E-state index contributed by atoms with van der Waals surface area (Å²) in [6, 6.07) is 6.96. The average molecular weight is 388 g/mol. The van der Waals surface area contributed by atoms with E-state index < -0.39 is 17.9 Å². The van der Waals surface area contributed by atoms with Crippen molar-refractivity contribution in [3.05, 3.63) is 36.0 Å². The molecule has 0 aliphatic rings. The fourth-order valence-corrected chi connectivity index (χ4v) is 3.32. The standard InChI is InChI=1S/C20H28N4O4/c1-12(2)8-13(10-18(25)24-28)19(26)23-17(20(27)21-3)9-14-11-22-16-7-5-4-6-15(14)16/h4-7,11-13,17,22,28H,8-10H2,1-3H3,(H,21,27)(H,23,26)(H,24,25)/t13-,17+/m0/s1. The Bertz CT molecular complexity index is 830. The Kier molecular flexibility index (Phi) is 7.57. The molecule has 0 radical (unpaired) electrons. The summed E-state index contributed by atoms with van der Waals surface area (Å²) in [5, 5.41) is 15.1. The van der Waals surface area contributed by atoms with E-state index in [9.17, 15) is 14.4 Å². The van der Waals surface area contributed by atoms with Gasteiger partial charge in [-0.05, 0) is 24.0 Å². The molecule has 1 aromatic carbocycles. The molecule has 3 amide bonds. The number of benzene rings is 1. The number of aromatic amines is 1. The molecule has 0 fully saturated rings. The number of H-pyrrole nitrogens is 1.